The number of carboxylic acids is 1. The van der Waals surface area contributed by atoms with Gasteiger partial charge in [0.15, 0.2) is 0 Å². The number of benzene rings is 1. The Morgan fingerprint density at radius 1 is 1.24 bits per heavy atom. The van der Waals surface area contributed by atoms with E-state index < -0.39 is 5.97 Å². The molecule has 0 atom stereocenters. The lowest BCUT2D eigenvalue weighted by atomic mass is 10.0. The maximum Gasteiger partial charge on any atom is 0.341 e. The average Bonchev–Trinajstić information content (AvgIpc) is 2.43. The van der Waals surface area contributed by atoms with Gasteiger partial charge in [0.1, 0.15) is 11.3 Å². The van der Waals surface area contributed by atoms with E-state index in [1.54, 1.807) is 19.9 Å². The SMILES string of the molecule is Cc1nnc(Oc2cccc(C(C)C)c2)c(C(=O)O)c1C. The van der Waals surface area contributed by atoms with Gasteiger partial charge in [-0.3, -0.25) is 0 Å². The van der Waals surface area contributed by atoms with Crippen LogP contribution in [0.2, 0.25) is 0 Å². The molecule has 1 N–H and O–H groups in total. The third-order valence-electron chi connectivity index (χ3n) is 3.38. The molecular weight excluding hydrogens is 268 g/mol. The van der Waals surface area contributed by atoms with Gasteiger partial charge in [-0.15, -0.1) is 5.10 Å². The summed E-state index contributed by atoms with van der Waals surface area (Å²) < 4.78 is 5.64. The van der Waals surface area contributed by atoms with Gasteiger partial charge in [0, 0.05) is 0 Å². The van der Waals surface area contributed by atoms with Crippen LogP contribution in [-0.2, 0) is 0 Å². The van der Waals surface area contributed by atoms with Crippen LogP contribution in [0.4, 0.5) is 0 Å². The number of aryl methyl sites for hydroxylation is 1. The largest absolute Gasteiger partial charge is 0.477 e. The molecule has 1 aromatic carbocycles. The van der Waals surface area contributed by atoms with Crippen molar-refractivity contribution < 1.29 is 14.6 Å². The van der Waals surface area contributed by atoms with Crippen LogP contribution in [0.1, 0.15) is 46.9 Å². The van der Waals surface area contributed by atoms with Crippen molar-refractivity contribution in [2.24, 2.45) is 0 Å². The van der Waals surface area contributed by atoms with Crippen molar-refractivity contribution in [2.75, 3.05) is 0 Å². The van der Waals surface area contributed by atoms with Crippen LogP contribution in [0.5, 0.6) is 11.6 Å². The molecule has 0 saturated heterocycles. The molecule has 0 amide bonds. The van der Waals surface area contributed by atoms with Crippen LogP contribution in [0.25, 0.3) is 0 Å². The van der Waals surface area contributed by atoms with Crippen molar-refractivity contribution in [3.05, 3.63) is 46.6 Å². The zero-order valence-corrected chi connectivity index (χ0v) is 12.5. The topological polar surface area (TPSA) is 72.3 Å². The number of aromatic carboxylic acids is 1. The second-order valence-electron chi connectivity index (χ2n) is 5.22. The lowest BCUT2D eigenvalue weighted by Gasteiger charge is -2.12. The average molecular weight is 286 g/mol. The molecule has 0 spiro atoms. The third-order valence-corrected chi connectivity index (χ3v) is 3.38. The van der Waals surface area contributed by atoms with Gasteiger partial charge in [0.2, 0.25) is 0 Å². The van der Waals surface area contributed by atoms with Gasteiger partial charge in [-0.25, -0.2) is 4.79 Å². The van der Waals surface area contributed by atoms with Crippen LogP contribution < -0.4 is 4.74 Å². The number of ether oxygens (including phenoxy) is 1. The highest BCUT2D eigenvalue weighted by Gasteiger charge is 2.19. The molecule has 21 heavy (non-hydrogen) atoms. The van der Waals surface area contributed by atoms with Gasteiger partial charge >= 0.3 is 5.97 Å². The van der Waals surface area contributed by atoms with E-state index in [2.05, 4.69) is 24.0 Å². The van der Waals surface area contributed by atoms with Crippen molar-refractivity contribution in [2.45, 2.75) is 33.6 Å². The summed E-state index contributed by atoms with van der Waals surface area (Å²) in [6.45, 7) is 7.58. The molecule has 0 aliphatic carbocycles. The highest BCUT2D eigenvalue weighted by Crippen LogP contribution is 2.28. The highest BCUT2D eigenvalue weighted by molar-refractivity contribution is 5.92. The van der Waals surface area contributed by atoms with Crippen molar-refractivity contribution in [3.8, 4) is 11.6 Å². The van der Waals surface area contributed by atoms with E-state index in [-0.39, 0.29) is 11.4 Å². The zero-order chi connectivity index (χ0) is 15.6. The number of aromatic nitrogens is 2. The molecule has 0 radical (unpaired) electrons. The fraction of sp³-hybridized carbons (Fsp3) is 0.312. The maximum absolute atomic E-state index is 11.4. The van der Waals surface area contributed by atoms with Crippen LogP contribution in [0, 0.1) is 13.8 Å². The molecule has 0 bridgehead atoms. The first-order valence-electron chi connectivity index (χ1n) is 6.75. The smallest absolute Gasteiger partial charge is 0.341 e. The van der Waals surface area contributed by atoms with Gasteiger partial charge < -0.3 is 9.84 Å². The van der Waals surface area contributed by atoms with E-state index in [1.165, 1.54) is 0 Å². The Morgan fingerprint density at radius 3 is 2.57 bits per heavy atom. The summed E-state index contributed by atoms with van der Waals surface area (Å²) in [5.41, 5.74) is 2.31. The summed E-state index contributed by atoms with van der Waals surface area (Å²) in [6, 6.07) is 7.53. The molecule has 1 aromatic heterocycles. The molecule has 2 aromatic rings. The Labute approximate surface area is 123 Å². The Balaban J connectivity index is 2.42. The van der Waals surface area contributed by atoms with Gasteiger partial charge in [-0.05, 0) is 43.0 Å². The summed E-state index contributed by atoms with van der Waals surface area (Å²) in [5.74, 6) is -0.133. The lowest BCUT2D eigenvalue weighted by Crippen LogP contribution is -2.08. The number of hydrogen-bond donors (Lipinski definition) is 1. The Morgan fingerprint density at radius 2 is 1.95 bits per heavy atom. The number of rotatable bonds is 4. The number of hydrogen-bond acceptors (Lipinski definition) is 4. The number of nitrogens with zero attached hydrogens (tertiary/aromatic N) is 2. The molecule has 0 aliphatic heterocycles. The molecule has 0 aliphatic rings. The van der Waals surface area contributed by atoms with Crippen LogP contribution in [0.3, 0.4) is 0 Å². The quantitative estimate of drug-likeness (QED) is 0.927. The predicted octanol–water partition coefficient (Wildman–Crippen LogP) is 3.71. The van der Waals surface area contributed by atoms with Gasteiger partial charge in [-0.2, -0.15) is 5.10 Å². The first kappa shape index (κ1) is 15.0. The van der Waals surface area contributed by atoms with E-state index in [9.17, 15) is 9.90 Å². The number of carbonyl (C=O) groups is 1. The van der Waals surface area contributed by atoms with Crippen molar-refractivity contribution in [1.29, 1.82) is 0 Å². The summed E-state index contributed by atoms with van der Waals surface area (Å²) in [6.07, 6.45) is 0. The van der Waals surface area contributed by atoms with Crippen molar-refractivity contribution >= 4 is 5.97 Å². The molecule has 0 fully saturated rings. The molecule has 5 nitrogen and oxygen atoms in total. The molecule has 0 unspecified atom stereocenters. The minimum absolute atomic E-state index is 0.0199. The molecule has 5 heteroatoms. The Kier molecular flexibility index (Phi) is 4.21. The maximum atomic E-state index is 11.4. The minimum atomic E-state index is -1.07. The van der Waals surface area contributed by atoms with E-state index in [0.29, 0.717) is 22.9 Å². The summed E-state index contributed by atoms with van der Waals surface area (Å²) in [7, 11) is 0. The molecule has 2 rings (SSSR count). The predicted molar refractivity (Wildman–Crippen MR) is 79.1 cm³/mol. The normalized spacial score (nSPS) is 10.7. The van der Waals surface area contributed by atoms with E-state index in [4.69, 9.17) is 4.74 Å². The fourth-order valence-electron chi connectivity index (χ4n) is 1.96. The molecular formula is C16H18N2O3. The van der Waals surface area contributed by atoms with Crippen LogP contribution in [0.15, 0.2) is 24.3 Å². The molecule has 0 saturated carbocycles. The summed E-state index contributed by atoms with van der Waals surface area (Å²) >= 11 is 0. The standard InChI is InChI=1S/C16H18N2O3/c1-9(2)12-6-5-7-13(8-12)21-15-14(16(19)20)10(3)11(4)17-18-15/h5-9H,1-4H3,(H,19,20). The second kappa shape index (κ2) is 5.91. The Hall–Kier alpha value is -2.43. The molecule has 110 valence electrons. The van der Waals surface area contributed by atoms with E-state index in [0.717, 1.165) is 5.56 Å². The van der Waals surface area contributed by atoms with E-state index in [1.807, 2.05) is 18.2 Å². The zero-order valence-electron chi connectivity index (χ0n) is 12.5. The Bertz CT molecular complexity index is 681. The van der Waals surface area contributed by atoms with Crippen molar-refractivity contribution in [3.63, 3.8) is 0 Å². The summed E-state index contributed by atoms with van der Waals surface area (Å²) in [4.78, 5) is 11.4. The fourth-order valence-corrected chi connectivity index (χ4v) is 1.96. The van der Waals surface area contributed by atoms with Crippen LogP contribution in [-0.4, -0.2) is 21.3 Å². The third kappa shape index (κ3) is 3.18. The number of carboxylic acid groups (broad SMARTS) is 1. The van der Waals surface area contributed by atoms with Gasteiger partial charge in [-0.1, -0.05) is 26.0 Å². The van der Waals surface area contributed by atoms with Gasteiger partial charge in [0.25, 0.3) is 5.88 Å². The van der Waals surface area contributed by atoms with Crippen molar-refractivity contribution in [1.82, 2.24) is 10.2 Å². The monoisotopic (exact) mass is 286 g/mol. The minimum Gasteiger partial charge on any atom is -0.477 e. The molecule has 1 heterocycles. The first-order valence-corrected chi connectivity index (χ1v) is 6.75. The lowest BCUT2D eigenvalue weighted by molar-refractivity contribution is 0.0692. The van der Waals surface area contributed by atoms with Gasteiger partial charge in [0.05, 0.1) is 5.69 Å². The van der Waals surface area contributed by atoms with E-state index >= 15 is 0 Å². The van der Waals surface area contributed by atoms with Crippen LogP contribution >= 0.6 is 0 Å². The first-order chi connectivity index (χ1) is 9.90. The second-order valence-corrected chi connectivity index (χ2v) is 5.22. The highest BCUT2D eigenvalue weighted by atomic mass is 16.5. The summed E-state index contributed by atoms with van der Waals surface area (Å²) in [5, 5.41) is 17.2.